The molecule has 6 heteroatoms. The zero-order chi connectivity index (χ0) is 30.1. The standard InChI is InChI=1S/C37H46N2O4/c1-25(2)22-39(36(41)30-15-14-28-8-5-6-9-29(28)18-30)32-20-35(42-4)34-24-38(23-27-12-13-27)17-16-37(34,21-32)31-10-7-11-33(19-31)43-26(3)40/h5-11,14-15,18-19,25,27,32,34-35H,12-13,16-17,20-24H2,1-4H3/t32-,34-,35?,37-/m0/s1. The number of methoxy groups -OCH3 is 1. The van der Waals surface area contributed by atoms with E-state index in [0.29, 0.717) is 18.2 Å². The lowest BCUT2D eigenvalue weighted by atomic mass is 9.56. The maximum absolute atomic E-state index is 14.4. The van der Waals surface area contributed by atoms with Gasteiger partial charge in [0.05, 0.1) is 6.10 Å². The van der Waals surface area contributed by atoms with Gasteiger partial charge >= 0.3 is 5.97 Å². The molecule has 1 heterocycles. The average Bonchev–Trinajstić information content (AvgIpc) is 3.82. The summed E-state index contributed by atoms with van der Waals surface area (Å²) in [7, 11) is 1.84. The summed E-state index contributed by atoms with van der Waals surface area (Å²) < 4.78 is 11.9. The summed E-state index contributed by atoms with van der Waals surface area (Å²) in [5, 5.41) is 2.22. The van der Waals surface area contributed by atoms with Gasteiger partial charge in [-0.1, -0.05) is 56.3 Å². The van der Waals surface area contributed by atoms with Crippen LogP contribution in [-0.4, -0.2) is 67.1 Å². The predicted molar refractivity (Wildman–Crippen MR) is 170 cm³/mol. The molecule has 43 heavy (non-hydrogen) atoms. The second kappa shape index (κ2) is 12.4. The first kappa shape index (κ1) is 29.8. The number of nitrogens with zero attached hydrogens (tertiary/aromatic N) is 2. The first-order valence-electron chi connectivity index (χ1n) is 16.1. The molecule has 0 bridgehead atoms. The minimum atomic E-state index is -0.314. The quantitative estimate of drug-likeness (QED) is 0.207. The molecule has 3 aromatic carbocycles. The number of benzene rings is 3. The predicted octanol–water partition coefficient (Wildman–Crippen LogP) is 6.71. The van der Waals surface area contributed by atoms with E-state index < -0.39 is 0 Å². The van der Waals surface area contributed by atoms with Crippen molar-refractivity contribution in [2.24, 2.45) is 17.8 Å². The number of hydrogen-bond donors (Lipinski definition) is 0. The first-order valence-corrected chi connectivity index (χ1v) is 16.1. The zero-order valence-corrected chi connectivity index (χ0v) is 26.1. The minimum absolute atomic E-state index is 0.0113. The van der Waals surface area contributed by atoms with Crippen LogP contribution >= 0.6 is 0 Å². The average molecular weight is 583 g/mol. The van der Waals surface area contributed by atoms with Crippen molar-refractivity contribution in [2.45, 2.75) is 70.4 Å². The SMILES string of the molecule is COC1C[C@H](N(CC(C)C)C(=O)c2ccc3ccccc3c2)C[C@]2(c3cccc(OC(C)=O)c3)CCN(CC3CC3)C[C@@H]12. The van der Waals surface area contributed by atoms with Gasteiger partial charge < -0.3 is 19.3 Å². The summed E-state index contributed by atoms with van der Waals surface area (Å²) in [5.74, 6) is 1.80. The van der Waals surface area contributed by atoms with Crippen LogP contribution in [0.15, 0.2) is 66.7 Å². The largest absolute Gasteiger partial charge is 0.427 e. The monoisotopic (exact) mass is 582 g/mol. The van der Waals surface area contributed by atoms with Crippen molar-refractivity contribution < 1.29 is 19.1 Å². The number of likely N-dealkylation sites (tertiary alicyclic amines) is 1. The highest BCUT2D eigenvalue weighted by Gasteiger charge is 2.54. The van der Waals surface area contributed by atoms with Crippen LogP contribution in [-0.2, 0) is 14.9 Å². The van der Waals surface area contributed by atoms with Gasteiger partial charge in [0.1, 0.15) is 5.75 Å². The van der Waals surface area contributed by atoms with Gasteiger partial charge in [0.25, 0.3) is 5.91 Å². The first-order chi connectivity index (χ1) is 20.8. The van der Waals surface area contributed by atoms with E-state index in [0.717, 1.165) is 54.6 Å². The summed E-state index contributed by atoms with van der Waals surface area (Å²) in [6.45, 7) is 9.70. The molecule has 6 nitrogen and oxygen atoms in total. The second-order valence-electron chi connectivity index (χ2n) is 13.6. The molecule has 0 radical (unpaired) electrons. The Bertz CT molecular complexity index is 1470. The zero-order valence-electron chi connectivity index (χ0n) is 26.1. The Kier molecular flexibility index (Phi) is 8.61. The van der Waals surface area contributed by atoms with E-state index in [9.17, 15) is 9.59 Å². The molecule has 0 aromatic heterocycles. The number of carbonyl (C=O) groups is 2. The molecule has 228 valence electrons. The van der Waals surface area contributed by atoms with Crippen molar-refractivity contribution in [3.05, 3.63) is 77.9 Å². The number of rotatable bonds is 9. The Labute approximate surface area is 256 Å². The van der Waals surface area contributed by atoms with Crippen LogP contribution in [0.2, 0.25) is 0 Å². The van der Waals surface area contributed by atoms with Gasteiger partial charge in [0.15, 0.2) is 0 Å². The van der Waals surface area contributed by atoms with E-state index in [4.69, 9.17) is 9.47 Å². The summed E-state index contributed by atoms with van der Waals surface area (Å²) in [5.41, 5.74) is 1.73. The summed E-state index contributed by atoms with van der Waals surface area (Å²) in [6, 6.07) is 22.5. The van der Waals surface area contributed by atoms with E-state index in [1.165, 1.54) is 31.9 Å². The van der Waals surface area contributed by atoms with Gasteiger partial charge in [-0.3, -0.25) is 9.59 Å². The Hall–Kier alpha value is -3.22. The highest BCUT2D eigenvalue weighted by atomic mass is 16.5. The van der Waals surface area contributed by atoms with Crippen LogP contribution in [0.4, 0.5) is 0 Å². The number of fused-ring (bicyclic) bond motifs is 2. The maximum atomic E-state index is 14.4. The molecule has 6 rings (SSSR count). The molecule has 3 aliphatic rings. The lowest BCUT2D eigenvalue weighted by molar-refractivity contribution is -0.131. The third-order valence-corrected chi connectivity index (χ3v) is 10.0. The van der Waals surface area contributed by atoms with Gasteiger partial charge in [-0.25, -0.2) is 0 Å². The number of esters is 1. The molecule has 1 saturated heterocycles. The highest BCUT2D eigenvalue weighted by molar-refractivity contribution is 5.98. The van der Waals surface area contributed by atoms with Crippen LogP contribution in [0.3, 0.4) is 0 Å². The lowest BCUT2D eigenvalue weighted by Crippen LogP contribution is -2.62. The molecule has 0 N–H and O–H groups in total. The van der Waals surface area contributed by atoms with Gasteiger partial charge in [0.2, 0.25) is 0 Å². The summed E-state index contributed by atoms with van der Waals surface area (Å²) in [4.78, 5) is 31.1. The van der Waals surface area contributed by atoms with Crippen molar-refractivity contribution in [3.63, 3.8) is 0 Å². The fraction of sp³-hybridized carbons (Fsp3) is 0.514. The van der Waals surface area contributed by atoms with E-state index in [2.05, 4.69) is 54.0 Å². The Morgan fingerprint density at radius 1 is 1.02 bits per heavy atom. The molecule has 3 fully saturated rings. The number of amides is 1. The molecular formula is C37H46N2O4. The van der Waals surface area contributed by atoms with Crippen LogP contribution in [0, 0.1) is 17.8 Å². The number of piperidine rings is 1. The van der Waals surface area contributed by atoms with Crippen molar-refractivity contribution in [2.75, 3.05) is 33.3 Å². The normalized spacial score (nSPS) is 25.8. The minimum Gasteiger partial charge on any atom is -0.427 e. The molecule has 3 aromatic rings. The van der Waals surface area contributed by atoms with E-state index in [1.54, 1.807) is 0 Å². The Morgan fingerprint density at radius 3 is 2.53 bits per heavy atom. The van der Waals surface area contributed by atoms with Gasteiger partial charge in [-0.2, -0.15) is 0 Å². The van der Waals surface area contributed by atoms with Crippen molar-refractivity contribution >= 4 is 22.6 Å². The molecule has 4 atom stereocenters. The molecule has 0 spiro atoms. The molecular weight excluding hydrogens is 536 g/mol. The fourth-order valence-corrected chi connectivity index (χ4v) is 7.87. The smallest absolute Gasteiger partial charge is 0.308 e. The fourth-order valence-electron chi connectivity index (χ4n) is 7.87. The van der Waals surface area contributed by atoms with E-state index in [-0.39, 0.29) is 35.4 Å². The Morgan fingerprint density at radius 2 is 1.81 bits per heavy atom. The van der Waals surface area contributed by atoms with Gasteiger partial charge in [-0.15, -0.1) is 0 Å². The van der Waals surface area contributed by atoms with Crippen LogP contribution in [0.25, 0.3) is 10.8 Å². The molecule has 1 amide bonds. The third kappa shape index (κ3) is 6.37. The number of hydrogen-bond acceptors (Lipinski definition) is 5. The van der Waals surface area contributed by atoms with Crippen molar-refractivity contribution in [3.8, 4) is 5.75 Å². The molecule has 2 saturated carbocycles. The van der Waals surface area contributed by atoms with E-state index >= 15 is 0 Å². The molecule has 1 aliphatic heterocycles. The summed E-state index contributed by atoms with van der Waals surface area (Å²) >= 11 is 0. The highest BCUT2D eigenvalue weighted by Crippen LogP contribution is 2.52. The molecule has 1 unspecified atom stereocenters. The maximum Gasteiger partial charge on any atom is 0.308 e. The van der Waals surface area contributed by atoms with Gasteiger partial charge in [-0.05, 0) is 91.1 Å². The number of carbonyl (C=O) groups excluding carboxylic acids is 2. The molecule has 2 aliphatic carbocycles. The second-order valence-corrected chi connectivity index (χ2v) is 13.6. The lowest BCUT2D eigenvalue weighted by Gasteiger charge is -2.57. The van der Waals surface area contributed by atoms with Crippen LogP contribution in [0.1, 0.15) is 68.8 Å². The van der Waals surface area contributed by atoms with Crippen molar-refractivity contribution in [1.29, 1.82) is 0 Å². The third-order valence-electron chi connectivity index (χ3n) is 10.0. The topological polar surface area (TPSA) is 59.1 Å². The summed E-state index contributed by atoms with van der Waals surface area (Å²) in [6.07, 6.45) is 5.36. The van der Waals surface area contributed by atoms with E-state index in [1.807, 2.05) is 43.5 Å². The van der Waals surface area contributed by atoms with Crippen molar-refractivity contribution in [1.82, 2.24) is 9.80 Å². The number of ether oxygens (including phenoxy) is 2. The van der Waals surface area contributed by atoms with Crippen LogP contribution < -0.4 is 4.74 Å². The Balaban J connectivity index is 1.38. The van der Waals surface area contributed by atoms with Gasteiger partial charge in [0, 0.05) is 56.6 Å². The van der Waals surface area contributed by atoms with Crippen LogP contribution in [0.5, 0.6) is 5.75 Å².